The molecule has 1 fully saturated rings. The molecule has 0 aromatic heterocycles. The van der Waals surface area contributed by atoms with Crippen molar-refractivity contribution in [2.45, 2.75) is 71.9 Å². The summed E-state index contributed by atoms with van der Waals surface area (Å²) >= 11 is 0. The van der Waals surface area contributed by atoms with Gasteiger partial charge in [0.05, 0.1) is 0 Å². The van der Waals surface area contributed by atoms with Crippen LogP contribution < -0.4 is 5.32 Å². The number of amides is 1. The Hall–Kier alpha value is -0.730. The fourth-order valence-corrected chi connectivity index (χ4v) is 1.78. The molecule has 0 saturated heterocycles. The number of nitrogens with one attached hydrogen (secondary N) is 1. The van der Waals surface area contributed by atoms with Gasteiger partial charge in [-0.3, -0.25) is 0 Å². The van der Waals surface area contributed by atoms with Crippen molar-refractivity contribution < 1.29 is 9.53 Å². The standard InChI is InChI=1S/C13H25NO2/c1-10(13(2,3)4)16-12(15)14-11-8-6-5-7-9-11/h10-11H,5-9H2,1-4H3,(H,14,15). The van der Waals surface area contributed by atoms with Crippen LogP contribution in [-0.4, -0.2) is 18.2 Å². The number of alkyl carbamates (subject to hydrolysis) is 1. The van der Waals surface area contributed by atoms with Crippen LogP contribution in [0.4, 0.5) is 4.79 Å². The van der Waals surface area contributed by atoms with Crippen molar-refractivity contribution in [1.82, 2.24) is 5.32 Å². The van der Waals surface area contributed by atoms with Crippen LogP contribution >= 0.6 is 0 Å². The van der Waals surface area contributed by atoms with Crippen LogP contribution in [-0.2, 0) is 4.74 Å². The van der Waals surface area contributed by atoms with Gasteiger partial charge in [-0.1, -0.05) is 40.0 Å². The van der Waals surface area contributed by atoms with Gasteiger partial charge in [-0.25, -0.2) is 4.79 Å². The van der Waals surface area contributed by atoms with Crippen LogP contribution in [0.15, 0.2) is 0 Å². The van der Waals surface area contributed by atoms with E-state index >= 15 is 0 Å². The van der Waals surface area contributed by atoms with Crippen LogP contribution in [0, 0.1) is 5.41 Å². The summed E-state index contributed by atoms with van der Waals surface area (Å²) in [6.07, 6.45) is 5.62. The van der Waals surface area contributed by atoms with E-state index in [1.807, 2.05) is 6.92 Å². The van der Waals surface area contributed by atoms with Gasteiger partial charge in [0.1, 0.15) is 6.10 Å². The molecule has 1 unspecified atom stereocenters. The van der Waals surface area contributed by atoms with Gasteiger partial charge in [0.2, 0.25) is 0 Å². The van der Waals surface area contributed by atoms with Crippen LogP contribution in [0.1, 0.15) is 59.8 Å². The largest absolute Gasteiger partial charge is 0.446 e. The average molecular weight is 227 g/mol. The zero-order chi connectivity index (χ0) is 12.2. The number of hydrogen-bond donors (Lipinski definition) is 1. The summed E-state index contributed by atoms with van der Waals surface area (Å²) in [6.45, 7) is 8.17. The zero-order valence-electron chi connectivity index (χ0n) is 11.0. The number of carbonyl (C=O) groups excluding carboxylic acids is 1. The smallest absolute Gasteiger partial charge is 0.407 e. The fourth-order valence-electron chi connectivity index (χ4n) is 1.78. The highest BCUT2D eigenvalue weighted by Gasteiger charge is 2.25. The highest BCUT2D eigenvalue weighted by molar-refractivity contribution is 5.67. The first-order valence-corrected chi connectivity index (χ1v) is 6.37. The van der Waals surface area contributed by atoms with Gasteiger partial charge in [0.25, 0.3) is 0 Å². The van der Waals surface area contributed by atoms with Crippen molar-refractivity contribution in [3.05, 3.63) is 0 Å². The third-order valence-electron chi connectivity index (χ3n) is 3.43. The molecular weight excluding hydrogens is 202 g/mol. The molecule has 0 bridgehead atoms. The predicted molar refractivity (Wildman–Crippen MR) is 65.4 cm³/mol. The Morgan fingerprint density at radius 1 is 1.25 bits per heavy atom. The lowest BCUT2D eigenvalue weighted by Crippen LogP contribution is -2.40. The summed E-state index contributed by atoms with van der Waals surface area (Å²) in [7, 11) is 0. The first kappa shape index (κ1) is 13.3. The number of carbonyl (C=O) groups is 1. The second kappa shape index (κ2) is 5.55. The number of hydrogen-bond acceptors (Lipinski definition) is 2. The lowest BCUT2D eigenvalue weighted by atomic mass is 9.90. The van der Waals surface area contributed by atoms with Crippen molar-refractivity contribution >= 4 is 6.09 Å². The molecule has 1 atom stereocenters. The minimum absolute atomic E-state index is 0.00387. The third kappa shape index (κ3) is 4.42. The Labute approximate surface area is 98.9 Å². The Balaban J connectivity index is 2.29. The number of rotatable bonds is 2. The summed E-state index contributed by atoms with van der Waals surface area (Å²) in [5.41, 5.74) is 0.00387. The van der Waals surface area contributed by atoms with Gasteiger partial charge in [0.15, 0.2) is 0 Å². The summed E-state index contributed by atoms with van der Waals surface area (Å²) in [5.74, 6) is 0. The molecular formula is C13H25NO2. The van der Waals surface area contributed by atoms with E-state index in [1.165, 1.54) is 19.3 Å². The molecule has 1 aliphatic rings. The van der Waals surface area contributed by atoms with Gasteiger partial charge in [-0.2, -0.15) is 0 Å². The Morgan fingerprint density at radius 3 is 2.31 bits per heavy atom. The topological polar surface area (TPSA) is 38.3 Å². The summed E-state index contributed by atoms with van der Waals surface area (Å²) in [5, 5.41) is 2.96. The van der Waals surface area contributed by atoms with E-state index in [0.717, 1.165) is 12.8 Å². The molecule has 16 heavy (non-hydrogen) atoms. The first-order chi connectivity index (χ1) is 7.39. The first-order valence-electron chi connectivity index (χ1n) is 6.37. The molecule has 3 nitrogen and oxygen atoms in total. The molecule has 3 heteroatoms. The highest BCUT2D eigenvalue weighted by Crippen LogP contribution is 2.22. The molecule has 0 aromatic rings. The summed E-state index contributed by atoms with van der Waals surface area (Å²) < 4.78 is 5.37. The van der Waals surface area contributed by atoms with Crippen molar-refractivity contribution in [3.8, 4) is 0 Å². The Morgan fingerprint density at radius 2 is 1.81 bits per heavy atom. The Kier molecular flexibility index (Phi) is 4.63. The van der Waals surface area contributed by atoms with Crippen molar-refractivity contribution in [1.29, 1.82) is 0 Å². The maximum absolute atomic E-state index is 11.6. The summed E-state index contributed by atoms with van der Waals surface area (Å²) in [4.78, 5) is 11.6. The molecule has 1 N–H and O–H groups in total. The quantitative estimate of drug-likeness (QED) is 0.784. The van der Waals surface area contributed by atoms with E-state index in [0.29, 0.717) is 6.04 Å². The van der Waals surface area contributed by atoms with Crippen LogP contribution in [0.2, 0.25) is 0 Å². The van der Waals surface area contributed by atoms with Crippen molar-refractivity contribution in [2.75, 3.05) is 0 Å². The van der Waals surface area contributed by atoms with E-state index < -0.39 is 0 Å². The SMILES string of the molecule is CC(OC(=O)NC1CCCCC1)C(C)(C)C. The van der Waals surface area contributed by atoms with Crippen molar-refractivity contribution in [3.63, 3.8) is 0 Å². The van der Waals surface area contributed by atoms with E-state index in [1.54, 1.807) is 0 Å². The molecule has 0 heterocycles. The van der Waals surface area contributed by atoms with Crippen LogP contribution in [0.3, 0.4) is 0 Å². The van der Waals surface area contributed by atoms with Gasteiger partial charge in [-0.15, -0.1) is 0 Å². The molecule has 1 saturated carbocycles. The molecule has 0 aliphatic heterocycles. The number of ether oxygens (including phenoxy) is 1. The second-order valence-corrected chi connectivity index (χ2v) is 5.89. The van der Waals surface area contributed by atoms with Crippen LogP contribution in [0.5, 0.6) is 0 Å². The molecule has 1 amide bonds. The molecule has 0 radical (unpaired) electrons. The van der Waals surface area contributed by atoms with Gasteiger partial charge in [0, 0.05) is 6.04 Å². The second-order valence-electron chi connectivity index (χ2n) is 5.89. The molecule has 0 aromatic carbocycles. The average Bonchev–Trinajstić information content (AvgIpc) is 2.17. The maximum atomic E-state index is 11.6. The highest BCUT2D eigenvalue weighted by atomic mass is 16.6. The monoisotopic (exact) mass is 227 g/mol. The lowest BCUT2D eigenvalue weighted by Gasteiger charge is -2.29. The fraction of sp³-hybridized carbons (Fsp3) is 0.923. The van der Waals surface area contributed by atoms with E-state index in [2.05, 4.69) is 26.1 Å². The van der Waals surface area contributed by atoms with E-state index in [9.17, 15) is 4.79 Å². The van der Waals surface area contributed by atoms with E-state index in [4.69, 9.17) is 4.74 Å². The van der Waals surface area contributed by atoms with Crippen LogP contribution in [0.25, 0.3) is 0 Å². The minimum Gasteiger partial charge on any atom is -0.446 e. The molecule has 1 rings (SSSR count). The lowest BCUT2D eigenvalue weighted by molar-refractivity contribution is 0.0410. The zero-order valence-corrected chi connectivity index (χ0v) is 11.0. The van der Waals surface area contributed by atoms with Gasteiger partial charge in [-0.05, 0) is 25.2 Å². The normalized spacial score (nSPS) is 20.2. The minimum atomic E-state index is -0.255. The van der Waals surface area contributed by atoms with Gasteiger partial charge < -0.3 is 10.1 Å². The molecule has 1 aliphatic carbocycles. The molecule has 0 spiro atoms. The van der Waals surface area contributed by atoms with E-state index in [-0.39, 0.29) is 17.6 Å². The molecule has 94 valence electrons. The van der Waals surface area contributed by atoms with Gasteiger partial charge >= 0.3 is 6.09 Å². The Bertz CT molecular complexity index is 227. The maximum Gasteiger partial charge on any atom is 0.407 e. The summed E-state index contributed by atoms with van der Waals surface area (Å²) in [6, 6.07) is 0.327. The van der Waals surface area contributed by atoms with Crippen molar-refractivity contribution in [2.24, 2.45) is 5.41 Å². The predicted octanol–water partition coefficient (Wildman–Crippen LogP) is 3.48. The third-order valence-corrected chi connectivity index (χ3v) is 3.43.